The van der Waals surface area contributed by atoms with Gasteiger partial charge in [0.1, 0.15) is 0 Å². The van der Waals surface area contributed by atoms with Crippen molar-refractivity contribution in [3.63, 3.8) is 0 Å². The van der Waals surface area contributed by atoms with Crippen LogP contribution in [0.15, 0.2) is 24.3 Å². The van der Waals surface area contributed by atoms with Crippen LogP contribution in [-0.2, 0) is 19.2 Å². The van der Waals surface area contributed by atoms with E-state index in [2.05, 4.69) is 5.32 Å². The Kier molecular flexibility index (Phi) is 5.17. The Labute approximate surface area is 148 Å². The van der Waals surface area contributed by atoms with Crippen LogP contribution < -0.4 is 11.1 Å². The van der Waals surface area contributed by atoms with Gasteiger partial charge in [0.05, 0.1) is 11.0 Å². The molecule has 2 rings (SSSR count). The minimum Gasteiger partial charge on any atom is -0.324 e. The second kappa shape index (κ2) is 7.00. The van der Waals surface area contributed by atoms with E-state index in [1.807, 2.05) is 0 Å². The number of Topliss-reactive ketones (excluding diaryl/α,β-unsaturated/α-hetero) is 1. The van der Waals surface area contributed by atoms with Crippen LogP contribution in [0, 0.1) is 10.1 Å². The largest absolute Gasteiger partial charge is 0.324 e. The molecule has 0 saturated carbocycles. The van der Waals surface area contributed by atoms with Crippen molar-refractivity contribution in [1.82, 2.24) is 4.90 Å². The molecule has 0 aliphatic carbocycles. The first-order chi connectivity index (χ1) is 12.1. The summed E-state index contributed by atoms with van der Waals surface area (Å²) < 4.78 is 0. The fraction of sp³-hybridized carbons (Fsp3) is 0.375. The Morgan fingerprint density at radius 3 is 2.35 bits per heavy atom. The van der Waals surface area contributed by atoms with Crippen molar-refractivity contribution in [2.75, 3.05) is 5.32 Å². The van der Waals surface area contributed by atoms with Crippen LogP contribution in [0.4, 0.5) is 11.4 Å². The molecular formula is C16H18N4O6. The average molecular weight is 362 g/mol. The normalized spacial score (nSPS) is 21.3. The van der Waals surface area contributed by atoms with Crippen LogP contribution in [0.25, 0.3) is 0 Å². The van der Waals surface area contributed by atoms with Crippen molar-refractivity contribution in [1.29, 1.82) is 0 Å². The number of nitrogens with one attached hydrogen (secondary N) is 1. The molecule has 1 aromatic carbocycles. The number of imide groups is 1. The summed E-state index contributed by atoms with van der Waals surface area (Å²) in [5, 5.41) is 13.1. The van der Waals surface area contributed by atoms with Crippen molar-refractivity contribution in [2.24, 2.45) is 5.73 Å². The summed E-state index contributed by atoms with van der Waals surface area (Å²) in [5.41, 5.74) is 3.51. The minimum atomic E-state index is -2.04. The van der Waals surface area contributed by atoms with Gasteiger partial charge in [-0.3, -0.25) is 34.2 Å². The molecule has 1 aliphatic heterocycles. The van der Waals surface area contributed by atoms with Crippen molar-refractivity contribution >= 4 is 34.9 Å². The number of nitrogens with zero attached hydrogens (tertiary/aromatic N) is 2. The first-order valence-electron chi connectivity index (χ1n) is 7.80. The van der Waals surface area contributed by atoms with Gasteiger partial charge in [0.25, 0.3) is 11.6 Å². The van der Waals surface area contributed by atoms with Crippen LogP contribution in [0.3, 0.4) is 0 Å². The summed E-state index contributed by atoms with van der Waals surface area (Å²) in [7, 11) is 0. The average Bonchev–Trinajstić information content (AvgIpc) is 2.58. The van der Waals surface area contributed by atoms with E-state index < -0.39 is 40.0 Å². The molecule has 138 valence electrons. The van der Waals surface area contributed by atoms with E-state index in [1.54, 1.807) is 0 Å². The molecule has 2 atom stereocenters. The predicted octanol–water partition coefficient (Wildman–Crippen LogP) is 0.357. The number of likely N-dealkylation sites (tertiary alicyclic amines) is 1. The zero-order valence-corrected chi connectivity index (χ0v) is 14.2. The van der Waals surface area contributed by atoms with Gasteiger partial charge in [0.2, 0.25) is 11.8 Å². The lowest BCUT2D eigenvalue weighted by Gasteiger charge is -2.41. The summed E-state index contributed by atoms with van der Waals surface area (Å²) in [5.74, 6) is -2.97. The third kappa shape index (κ3) is 3.31. The standard InChI is InChI=1S/C16H18N4O6/c1-9(17)14(23)19-13(22)8-7-12(21)16(19,2)15(24)18-10-3-5-11(6-4-10)20(25)26/h3-6,9H,7-8,17H2,1-2H3,(H,18,24)/t9-,16+/m0/s1. The number of amides is 3. The second-order valence-corrected chi connectivity index (χ2v) is 6.11. The number of nitro benzene ring substituents is 1. The van der Waals surface area contributed by atoms with E-state index in [-0.39, 0.29) is 24.2 Å². The molecule has 0 aromatic heterocycles. The summed E-state index contributed by atoms with van der Waals surface area (Å²) in [6.07, 6.45) is -0.358. The Morgan fingerprint density at radius 2 is 1.85 bits per heavy atom. The van der Waals surface area contributed by atoms with Crippen molar-refractivity contribution in [3.05, 3.63) is 34.4 Å². The first kappa shape index (κ1) is 19.2. The maximum absolute atomic E-state index is 12.7. The Bertz CT molecular complexity index is 788. The Morgan fingerprint density at radius 1 is 1.27 bits per heavy atom. The number of rotatable bonds is 4. The fourth-order valence-electron chi connectivity index (χ4n) is 2.64. The number of hydrogen-bond donors (Lipinski definition) is 2. The smallest absolute Gasteiger partial charge is 0.269 e. The molecule has 1 saturated heterocycles. The molecule has 0 bridgehead atoms. The fourth-order valence-corrected chi connectivity index (χ4v) is 2.64. The third-order valence-electron chi connectivity index (χ3n) is 4.19. The van der Waals surface area contributed by atoms with Gasteiger partial charge in [0.15, 0.2) is 11.3 Å². The van der Waals surface area contributed by atoms with E-state index in [4.69, 9.17) is 5.73 Å². The lowest BCUT2D eigenvalue weighted by Crippen LogP contribution is -2.68. The Balaban J connectivity index is 2.35. The molecule has 1 aromatic rings. The highest BCUT2D eigenvalue weighted by molar-refractivity contribution is 6.22. The number of anilines is 1. The van der Waals surface area contributed by atoms with E-state index in [0.29, 0.717) is 4.90 Å². The van der Waals surface area contributed by atoms with Crippen molar-refractivity contribution in [3.8, 4) is 0 Å². The number of nitro groups is 1. The van der Waals surface area contributed by atoms with Crippen LogP contribution in [-0.4, -0.2) is 44.9 Å². The number of piperidine rings is 1. The van der Waals surface area contributed by atoms with Gasteiger partial charge in [-0.2, -0.15) is 0 Å². The molecule has 1 heterocycles. The van der Waals surface area contributed by atoms with Crippen molar-refractivity contribution in [2.45, 2.75) is 38.3 Å². The van der Waals surface area contributed by atoms with Gasteiger partial charge in [0, 0.05) is 30.7 Å². The highest BCUT2D eigenvalue weighted by atomic mass is 16.6. The van der Waals surface area contributed by atoms with Gasteiger partial charge < -0.3 is 11.1 Å². The predicted molar refractivity (Wildman–Crippen MR) is 89.9 cm³/mol. The number of non-ortho nitro benzene ring substituents is 1. The van der Waals surface area contributed by atoms with Crippen LogP contribution >= 0.6 is 0 Å². The number of hydrogen-bond acceptors (Lipinski definition) is 7. The highest BCUT2D eigenvalue weighted by Crippen LogP contribution is 2.28. The lowest BCUT2D eigenvalue weighted by atomic mass is 9.85. The van der Waals surface area contributed by atoms with Crippen LogP contribution in [0.1, 0.15) is 26.7 Å². The van der Waals surface area contributed by atoms with E-state index >= 15 is 0 Å². The monoisotopic (exact) mass is 362 g/mol. The molecule has 3 N–H and O–H groups in total. The number of carbonyl (C=O) groups excluding carboxylic acids is 4. The molecule has 0 radical (unpaired) electrons. The SMILES string of the molecule is C[C@H](N)C(=O)N1C(=O)CCC(=O)[C@]1(C)C(=O)Nc1ccc([N+](=O)[O-])cc1. The van der Waals surface area contributed by atoms with Gasteiger partial charge in [-0.05, 0) is 26.0 Å². The molecule has 10 nitrogen and oxygen atoms in total. The van der Waals surface area contributed by atoms with Gasteiger partial charge >= 0.3 is 0 Å². The number of benzene rings is 1. The maximum atomic E-state index is 12.7. The molecular weight excluding hydrogens is 344 g/mol. The van der Waals surface area contributed by atoms with E-state index in [9.17, 15) is 29.3 Å². The topological polar surface area (TPSA) is 153 Å². The van der Waals surface area contributed by atoms with Gasteiger partial charge in [-0.25, -0.2) is 0 Å². The number of ketones is 1. The number of carbonyl (C=O) groups is 4. The quantitative estimate of drug-likeness (QED) is 0.445. The van der Waals surface area contributed by atoms with Crippen LogP contribution in [0.5, 0.6) is 0 Å². The number of nitrogens with two attached hydrogens (primary N) is 1. The zero-order valence-electron chi connectivity index (χ0n) is 14.2. The Hall–Kier alpha value is -3.14. The summed E-state index contributed by atoms with van der Waals surface area (Å²) >= 11 is 0. The summed E-state index contributed by atoms with van der Waals surface area (Å²) in [6.45, 7) is 2.54. The molecule has 10 heteroatoms. The summed E-state index contributed by atoms with van der Waals surface area (Å²) in [4.78, 5) is 60.4. The molecule has 0 unspecified atom stereocenters. The van der Waals surface area contributed by atoms with Crippen molar-refractivity contribution < 1.29 is 24.1 Å². The van der Waals surface area contributed by atoms with E-state index in [1.165, 1.54) is 38.1 Å². The second-order valence-electron chi connectivity index (χ2n) is 6.11. The zero-order chi connectivity index (χ0) is 19.6. The minimum absolute atomic E-state index is 0.174. The first-order valence-corrected chi connectivity index (χ1v) is 7.80. The third-order valence-corrected chi connectivity index (χ3v) is 4.19. The maximum Gasteiger partial charge on any atom is 0.269 e. The van der Waals surface area contributed by atoms with Crippen LogP contribution in [0.2, 0.25) is 0 Å². The molecule has 1 aliphatic rings. The molecule has 3 amide bonds. The van der Waals surface area contributed by atoms with Gasteiger partial charge in [-0.15, -0.1) is 0 Å². The summed E-state index contributed by atoms with van der Waals surface area (Å²) in [6, 6.07) is 3.85. The molecule has 26 heavy (non-hydrogen) atoms. The van der Waals surface area contributed by atoms with E-state index in [0.717, 1.165) is 0 Å². The highest BCUT2D eigenvalue weighted by Gasteiger charge is 2.54. The lowest BCUT2D eigenvalue weighted by molar-refractivity contribution is -0.384. The van der Waals surface area contributed by atoms with Gasteiger partial charge in [-0.1, -0.05) is 0 Å². The molecule has 1 fully saturated rings. The molecule has 0 spiro atoms.